The average molecular weight is 404 g/mol. The van der Waals surface area contributed by atoms with Crippen molar-refractivity contribution in [2.75, 3.05) is 11.9 Å². The minimum Gasteiger partial charge on any atom is -0.492 e. The van der Waals surface area contributed by atoms with Crippen LogP contribution in [0.3, 0.4) is 0 Å². The first-order valence-corrected chi connectivity index (χ1v) is 9.61. The van der Waals surface area contributed by atoms with E-state index in [2.05, 4.69) is 20.4 Å². The Kier molecular flexibility index (Phi) is 6.64. The number of aryl methyl sites for hydroxylation is 1. The van der Waals surface area contributed by atoms with Crippen LogP contribution in [0, 0.1) is 13.8 Å². The number of amides is 2. The molecule has 0 saturated heterocycles. The summed E-state index contributed by atoms with van der Waals surface area (Å²) in [6.07, 6.45) is 1.53. The molecule has 0 spiro atoms. The molecule has 3 rings (SSSR count). The number of anilines is 1. The summed E-state index contributed by atoms with van der Waals surface area (Å²) in [6, 6.07) is 18.8. The van der Waals surface area contributed by atoms with Gasteiger partial charge < -0.3 is 14.6 Å². The Morgan fingerprint density at radius 3 is 2.47 bits per heavy atom. The van der Waals surface area contributed by atoms with Gasteiger partial charge in [0.05, 0.1) is 18.5 Å². The van der Waals surface area contributed by atoms with E-state index in [-0.39, 0.29) is 0 Å². The molecule has 1 aromatic heterocycles. The molecule has 1 heterocycles. The summed E-state index contributed by atoms with van der Waals surface area (Å²) < 4.78 is 7.54. The number of carbonyl (C=O) groups is 2. The third-order valence-electron chi connectivity index (χ3n) is 4.50. The lowest BCUT2D eigenvalue weighted by Crippen LogP contribution is -2.32. The van der Waals surface area contributed by atoms with Crippen LogP contribution in [0.4, 0.5) is 5.69 Å². The van der Waals surface area contributed by atoms with Gasteiger partial charge in [-0.15, -0.1) is 0 Å². The summed E-state index contributed by atoms with van der Waals surface area (Å²) in [4.78, 5) is 24.3. The molecule has 0 aliphatic rings. The fourth-order valence-corrected chi connectivity index (χ4v) is 3.13. The lowest BCUT2D eigenvalue weighted by atomic mass is 10.2. The molecule has 2 N–H and O–H groups in total. The van der Waals surface area contributed by atoms with Crippen molar-refractivity contribution in [1.82, 2.24) is 9.99 Å². The van der Waals surface area contributed by atoms with E-state index >= 15 is 0 Å². The van der Waals surface area contributed by atoms with Crippen molar-refractivity contribution in [3.8, 4) is 11.4 Å². The van der Waals surface area contributed by atoms with Crippen molar-refractivity contribution < 1.29 is 14.3 Å². The van der Waals surface area contributed by atoms with Crippen molar-refractivity contribution in [3.63, 3.8) is 0 Å². The van der Waals surface area contributed by atoms with Gasteiger partial charge in [-0.1, -0.05) is 30.3 Å². The zero-order valence-corrected chi connectivity index (χ0v) is 17.2. The summed E-state index contributed by atoms with van der Waals surface area (Å²) in [5.74, 6) is -1.19. The molecular weight excluding hydrogens is 380 g/mol. The van der Waals surface area contributed by atoms with Crippen molar-refractivity contribution in [1.29, 1.82) is 0 Å². The van der Waals surface area contributed by atoms with Crippen molar-refractivity contribution in [3.05, 3.63) is 77.6 Å². The van der Waals surface area contributed by atoms with Crippen LogP contribution in [-0.4, -0.2) is 29.2 Å². The Hall–Kier alpha value is -3.87. The van der Waals surface area contributed by atoms with Gasteiger partial charge in [-0.05, 0) is 51.1 Å². The number of para-hydroxylation sites is 3. The van der Waals surface area contributed by atoms with E-state index in [0.717, 1.165) is 22.6 Å². The van der Waals surface area contributed by atoms with Gasteiger partial charge in [0.2, 0.25) is 0 Å². The van der Waals surface area contributed by atoms with E-state index < -0.39 is 11.8 Å². The van der Waals surface area contributed by atoms with Gasteiger partial charge in [0.25, 0.3) is 0 Å². The molecule has 0 atom stereocenters. The van der Waals surface area contributed by atoms with Crippen LogP contribution < -0.4 is 15.5 Å². The molecule has 0 bridgehead atoms. The van der Waals surface area contributed by atoms with E-state index in [0.29, 0.717) is 18.0 Å². The third-order valence-corrected chi connectivity index (χ3v) is 4.50. The molecule has 0 saturated carbocycles. The molecule has 7 nitrogen and oxygen atoms in total. The second-order valence-corrected chi connectivity index (χ2v) is 6.58. The quantitative estimate of drug-likeness (QED) is 0.374. The number of ether oxygens (including phenoxy) is 1. The second kappa shape index (κ2) is 9.56. The Morgan fingerprint density at radius 2 is 1.73 bits per heavy atom. The molecule has 0 radical (unpaired) electrons. The van der Waals surface area contributed by atoms with Gasteiger partial charge in [0.1, 0.15) is 5.75 Å². The lowest BCUT2D eigenvalue weighted by molar-refractivity contribution is -0.136. The monoisotopic (exact) mass is 404 g/mol. The number of nitrogens with one attached hydrogen (secondary N) is 2. The van der Waals surface area contributed by atoms with Crippen molar-refractivity contribution >= 4 is 23.7 Å². The Bertz CT molecular complexity index is 1070. The Balaban J connectivity index is 1.66. The zero-order chi connectivity index (χ0) is 21.5. The number of hydrogen-bond acceptors (Lipinski definition) is 4. The number of hydrogen-bond donors (Lipinski definition) is 2. The second-order valence-electron chi connectivity index (χ2n) is 6.58. The maximum absolute atomic E-state index is 12.2. The van der Waals surface area contributed by atoms with Crippen LogP contribution in [0.5, 0.6) is 5.75 Å². The Labute approximate surface area is 175 Å². The maximum atomic E-state index is 12.2. The zero-order valence-electron chi connectivity index (χ0n) is 17.2. The van der Waals surface area contributed by atoms with Crippen LogP contribution in [0.25, 0.3) is 5.69 Å². The SMILES string of the molecule is CCOc1ccccc1NC(=O)C(=O)N/N=C\c1cc(C)n(-c2ccccc2)c1C. The van der Waals surface area contributed by atoms with Crippen LogP contribution in [-0.2, 0) is 9.59 Å². The van der Waals surface area contributed by atoms with Gasteiger partial charge in [-0.25, -0.2) is 5.43 Å². The number of aromatic nitrogens is 1. The predicted octanol–water partition coefficient (Wildman–Crippen LogP) is 3.58. The normalized spacial score (nSPS) is 10.8. The molecule has 2 amide bonds. The van der Waals surface area contributed by atoms with Gasteiger partial charge in [0, 0.05) is 22.6 Å². The van der Waals surface area contributed by atoms with Gasteiger partial charge in [0.15, 0.2) is 0 Å². The van der Waals surface area contributed by atoms with Crippen molar-refractivity contribution in [2.45, 2.75) is 20.8 Å². The molecule has 0 unspecified atom stereocenters. The maximum Gasteiger partial charge on any atom is 0.329 e. The highest BCUT2D eigenvalue weighted by Gasteiger charge is 2.15. The van der Waals surface area contributed by atoms with E-state index in [4.69, 9.17) is 4.74 Å². The average Bonchev–Trinajstić information content (AvgIpc) is 3.03. The number of carbonyl (C=O) groups excluding carboxylic acids is 2. The molecule has 0 aliphatic heterocycles. The Morgan fingerprint density at radius 1 is 1.03 bits per heavy atom. The number of hydrazone groups is 1. The summed E-state index contributed by atoms with van der Waals surface area (Å²) >= 11 is 0. The summed E-state index contributed by atoms with van der Waals surface area (Å²) in [5, 5.41) is 6.48. The minimum absolute atomic E-state index is 0.426. The van der Waals surface area contributed by atoms with E-state index in [1.165, 1.54) is 6.21 Å². The number of benzene rings is 2. The lowest BCUT2D eigenvalue weighted by Gasteiger charge is -2.10. The van der Waals surface area contributed by atoms with Crippen LogP contribution in [0.2, 0.25) is 0 Å². The first-order valence-electron chi connectivity index (χ1n) is 9.61. The number of nitrogens with zero attached hydrogens (tertiary/aromatic N) is 2. The molecule has 0 aliphatic carbocycles. The van der Waals surface area contributed by atoms with Gasteiger partial charge in [-0.3, -0.25) is 9.59 Å². The molecule has 2 aromatic carbocycles. The van der Waals surface area contributed by atoms with Crippen LogP contribution in [0.1, 0.15) is 23.9 Å². The van der Waals surface area contributed by atoms with Gasteiger partial charge in [-0.2, -0.15) is 5.10 Å². The van der Waals surface area contributed by atoms with E-state index in [9.17, 15) is 9.59 Å². The van der Waals surface area contributed by atoms with Crippen molar-refractivity contribution in [2.24, 2.45) is 5.10 Å². The summed E-state index contributed by atoms with van der Waals surface area (Å²) in [6.45, 7) is 6.26. The highest BCUT2D eigenvalue weighted by molar-refractivity contribution is 6.39. The van der Waals surface area contributed by atoms with E-state index in [1.807, 2.05) is 57.2 Å². The smallest absolute Gasteiger partial charge is 0.329 e. The fourth-order valence-electron chi connectivity index (χ4n) is 3.13. The molecule has 7 heteroatoms. The topological polar surface area (TPSA) is 84.7 Å². The van der Waals surface area contributed by atoms with Gasteiger partial charge >= 0.3 is 11.8 Å². The highest BCUT2D eigenvalue weighted by Crippen LogP contribution is 2.23. The highest BCUT2D eigenvalue weighted by atomic mass is 16.5. The predicted molar refractivity (Wildman–Crippen MR) is 117 cm³/mol. The van der Waals surface area contributed by atoms with E-state index in [1.54, 1.807) is 24.3 Å². The third kappa shape index (κ3) is 4.75. The summed E-state index contributed by atoms with van der Waals surface area (Å²) in [5.41, 5.74) is 6.60. The standard InChI is InChI=1S/C23H24N4O3/c1-4-30-21-13-9-8-12-20(21)25-22(28)23(29)26-24-15-18-14-16(2)27(17(18)3)19-10-6-5-7-11-19/h5-15H,4H2,1-3H3,(H,25,28)(H,26,29)/b24-15-. The van der Waals surface area contributed by atoms with Crippen LogP contribution >= 0.6 is 0 Å². The fraction of sp³-hybridized carbons (Fsp3) is 0.174. The summed E-state index contributed by atoms with van der Waals surface area (Å²) in [7, 11) is 0. The molecule has 30 heavy (non-hydrogen) atoms. The minimum atomic E-state index is -0.866. The molecule has 154 valence electrons. The first kappa shape index (κ1) is 20.9. The number of rotatable bonds is 6. The molecule has 3 aromatic rings. The molecular formula is C23H24N4O3. The molecule has 0 fully saturated rings. The largest absolute Gasteiger partial charge is 0.492 e. The first-order chi connectivity index (χ1) is 14.5. The van der Waals surface area contributed by atoms with Crippen LogP contribution in [0.15, 0.2) is 65.8 Å².